The van der Waals surface area contributed by atoms with Gasteiger partial charge in [-0.05, 0) is 34.5 Å². The van der Waals surface area contributed by atoms with E-state index in [1.807, 2.05) is 66.7 Å². The first-order chi connectivity index (χ1) is 13.2. The average molecular weight is 376 g/mol. The summed E-state index contributed by atoms with van der Waals surface area (Å²) in [6.45, 7) is 0. The van der Waals surface area contributed by atoms with Gasteiger partial charge < -0.3 is 9.15 Å². The molecule has 6 heteroatoms. The molecule has 4 rings (SSSR count). The monoisotopic (exact) mass is 376 g/mol. The standard InChI is InChI=1S/C21H16N2O3S/c1-25-16-11-9-14(10-12-16)13-19-22-23-21(26-19)27-20(24)18-8-4-6-15-5-2-3-7-17(15)18/h2-12H,13H2,1H3. The lowest BCUT2D eigenvalue weighted by Gasteiger charge is -2.03. The van der Waals surface area contributed by atoms with E-state index in [9.17, 15) is 4.79 Å². The van der Waals surface area contributed by atoms with Crippen LogP contribution >= 0.6 is 11.8 Å². The Morgan fingerprint density at radius 1 is 1.00 bits per heavy atom. The van der Waals surface area contributed by atoms with Gasteiger partial charge in [0, 0.05) is 17.3 Å². The molecule has 0 fully saturated rings. The molecule has 0 saturated heterocycles. The summed E-state index contributed by atoms with van der Waals surface area (Å²) in [7, 11) is 1.63. The van der Waals surface area contributed by atoms with E-state index in [4.69, 9.17) is 9.15 Å². The number of aromatic nitrogens is 2. The zero-order valence-corrected chi connectivity index (χ0v) is 15.4. The molecule has 0 atom stereocenters. The molecule has 4 aromatic rings. The van der Waals surface area contributed by atoms with Crippen molar-refractivity contribution in [2.24, 2.45) is 0 Å². The minimum absolute atomic E-state index is 0.119. The molecule has 0 spiro atoms. The first-order valence-electron chi connectivity index (χ1n) is 8.38. The molecule has 1 aromatic heterocycles. The molecule has 1 heterocycles. The van der Waals surface area contributed by atoms with Gasteiger partial charge in [0.2, 0.25) is 11.0 Å². The Labute approximate surface area is 160 Å². The SMILES string of the molecule is COc1ccc(Cc2nnc(SC(=O)c3cccc4ccccc34)o2)cc1. The highest BCUT2D eigenvalue weighted by molar-refractivity contribution is 8.14. The van der Waals surface area contributed by atoms with E-state index in [0.29, 0.717) is 17.9 Å². The number of nitrogens with zero attached hydrogens (tertiary/aromatic N) is 2. The van der Waals surface area contributed by atoms with Gasteiger partial charge in [0.05, 0.1) is 13.5 Å². The number of benzene rings is 3. The van der Waals surface area contributed by atoms with Crippen LogP contribution in [-0.4, -0.2) is 22.4 Å². The highest BCUT2D eigenvalue weighted by Crippen LogP contribution is 2.27. The lowest BCUT2D eigenvalue weighted by atomic mass is 10.1. The molecule has 27 heavy (non-hydrogen) atoms. The minimum Gasteiger partial charge on any atom is -0.497 e. The Bertz CT molecular complexity index is 1080. The summed E-state index contributed by atoms with van der Waals surface area (Å²) in [5, 5.41) is 10.1. The van der Waals surface area contributed by atoms with Crippen LogP contribution in [-0.2, 0) is 6.42 Å². The van der Waals surface area contributed by atoms with Crippen LogP contribution in [0.3, 0.4) is 0 Å². The minimum atomic E-state index is -0.119. The van der Waals surface area contributed by atoms with E-state index < -0.39 is 0 Å². The van der Waals surface area contributed by atoms with Gasteiger partial charge in [-0.25, -0.2) is 0 Å². The highest BCUT2D eigenvalue weighted by atomic mass is 32.2. The van der Waals surface area contributed by atoms with Gasteiger partial charge in [-0.2, -0.15) is 0 Å². The Hall–Kier alpha value is -3.12. The molecule has 0 aliphatic carbocycles. The smallest absolute Gasteiger partial charge is 0.284 e. The van der Waals surface area contributed by atoms with Gasteiger partial charge in [-0.3, -0.25) is 4.79 Å². The summed E-state index contributed by atoms with van der Waals surface area (Å²) in [4.78, 5) is 12.7. The fourth-order valence-electron chi connectivity index (χ4n) is 2.81. The number of thioether (sulfide) groups is 1. The topological polar surface area (TPSA) is 65.2 Å². The van der Waals surface area contributed by atoms with Gasteiger partial charge in [-0.1, -0.05) is 48.5 Å². The molecule has 0 aliphatic rings. The maximum atomic E-state index is 12.7. The summed E-state index contributed by atoms with van der Waals surface area (Å²) in [6, 6.07) is 21.1. The second-order valence-electron chi connectivity index (χ2n) is 5.90. The van der Waals surface area contributed by atoms with Crippen LogP contribution in [0.4, 0.5) is 0 Å². The van der Waals surface area contributed by atoms with Crippen LogP contribution in [0.25, 0.3) is 10.8 Å². The van der Waals surface area contributed by atoms with Crippen molar-refractivity contribution in [1.82, 2.24) is 10.2 Å². The molecule has 0 N–H and O–H groups in total. The molecular formula is C21H16N2O3S. The van der Waals surface area contributed by atoms with E-state index in [1.165, 1.54) is 0 Å². The summed E-state index contributed by atoms with van der Waals surface area (Å²) in [6.07, 6.45) is 0.500. The van der Waals surface area contributed by atoms with Crippen molar-refractivity contribution in [3.8, 4) is 5.75 Å². The number of rotatable bonds is 5. The van der Waals surface area contributed by atoms with Crippen molar-refractivity contribution >= 4 is 27.6 Å². The molecule has 0 saturated carbocycles. The predicted octanol–water partition coefficient (Wildman–Crippen LogP) is 4.75. The fraction of sp³-hybridized carbons (Fsp3) is 0.0952. The Kier molecular flexibility index (Phi) is 4.89. The molecule has 0 radical (unpaired) electrons. The van der Waals surface area contributed by atoms with E-state index >= 15 is 0 Å². The van der Waals surface area contributed by atoms with Crippen molar-refractivity contribution in [2.75, 3.05) is 7.11 Å². The quantitative estimate of drug-likeness (QED) is 0.468. The van der Waals surface area contributed by atoms with E-state index in [1.54, 1.807) is 7.11 Å². The number of carbonyl (C=O) groups is 1. The maximum Gasteiger partial charge on any atom is 0.284 e. The number of carbonyl (C=O) groups excluding carboxylic acids is 1. The first-order valence-corrected chi connectivity index (χ1v) is 9.20. The maximum absolute atomic E-state index is 12.7. The van der Waals surface area contributed by atoms with Crippen LogP contribution < -0.4 is 4.74 Å². The number of hydrogen-bond donors (Lipinski definition) is 0. The number of ether oxygens (including phenoxy) is 1. The fourth-order valence-corrected chi connectivity index (χ4v) is 3.47. The van der Waals surface area contributed by atoms with Gasteiger partial charge in [0.25, 0.3) is 5.22 Å². The predicted molar refractivity (Wildman–Crippen MR) is 104 cm³/mol. The van der Waals surface area contributed by atoms with Crippen molar-refractivity contribution in [3.63, 3.8) is 0 Å². The molecule has 0 bridgehead atoms. The van der Waals surface area contributed by atoms with Crippen molar-refractivity contribution in [1.29, 1.82) is 0 Å². The Morgan fingerprint density at radius 2 is 1.78 bits per heavy atom. The Balaban J connectivity index is 1.49. The summed E-state index contributed by atoms with van der Waals surface area (Å²) in [5.41, 5.74) is 1.66. The largest absolute Gasteiger partial charge is 0.497 e. The summed E-state index contributed by atoms with van der Waals surface area (Å²) in [5.74, 6) is 1.26. The van der Waals surface area contributed by atoms with E-state index in [-0.39, 0.29) is 10.3 Å². The normalized spacial score (nSPS) is 10.9. The molecule has 5 nitrogen and oxygen atoms in total. The van der Waals surface area contributed by atoms with Gasteiger partial charge >= 0.3 is 0 Å². The zero-order chi connectivity index (χ0) is 18.6. The lowest BCUT2D eigenvalue weighted by Crippen LogP contribution is -1.94. The van der Waals surface area contributed by atoms with Crippen molar-refractivity contribution < 1.29 is 13.9 Å². The molecule has 0 aliphatic heterocycles. The van der Waals surface area contributed by atoms with E-state index in [2.05, 4.69) is 10.2 Å². The van der Waals surface area contributed by atoms with Gasteiger partial charge in [0.15, 0.2) is 0 Å². The Morgan fingerprint density at radius 3 is 2.59 bits per heavy atom. The average Bonchev–Trinajstić information content (AvgIpc) is 3.14. The molecule has 3 aromatic carbocycles. The van der Waals surface area contributed by atoms with Crippen LogP contribution in [0.1, 0.15) is 21.8 Å². The lowest BCUT2D eigenvalue weighted by molar-refractivity contribution is 0.108. The van der Waals surface area contributed by atoms with Crippen molar-refractivity contribution in [2.45, 2.75) is 11.6 Å². The van der Waals surface area contributed by atoms with Gasteiger partial charge in [0.1, 0.15) is 5.75 Å². The highest BCUT2D eigenvalue weighted by Gasteiger charge is 2.16. The second kappa shape index (κ2) is 7.63. The summed E-state index contributed by atoms with van der Waals surface area (Å²) >= 11 is 0.950. The van der Waals surface area contributed by atoms with Crippen LogP contribution in [0.15, 0.2) is 76.4 Å². The number of hydrogen-bond acceptors (Lipinski definition) is 6. The van der Waals surface area contributed by atoms with Crippen LogP contribution in [0.5, 0.6) is 5.75 Å². The summed E-state index contributed by atoms with van der Waals surface area (Å²) < 4.78 is 10.8. The molecular weight excluding hydrogens is 360 g/mol. The third kappa shape index (κ3) is 3.85. The molecule has 0 amide bonds. The third-order valence-electron chi connectivity index (χ3n) is 4.15. The number of methoxy groups -OCH3 is 1. The third-order valence-corrected chi connectivity index (χ3v) is 4.90. The van der Waals surface area contributed by atoms with E-state index in [0.717, 1.165) is 33.8 Å². The second-order valence-corrected chi connectivity index (χ2v) is 6.83. The van der Waals surface area contributed by atoms with Crippen molar-refractivity contribution in [3.05, 3.63) is 83.7 Å². The van der Waals surface area contributed by atoms with Crippen LogP contribution in [0.2, 0.25) is 0 Å². The zero-order valence-electron chi connectivity index (χ0n) is 14.6. The molecule has 134 valence electrons. The van der Waals surface area contributed by atoms with Gasteiger partial charge in [-0.15, -0.1) is 10.2 Å². The van der Waals surface area contributed by atoms with Crippen LogP contribution in [0, 0.1) is 0 Å². The molecule has 0 unspecified atom stereocenters. The number of fused-ring (bicyclic) bond motifs is 1. The first kappa shape index (κ1) is 17.3.